The Balaban J connectivity index is 1.15. The van der Waals surface area contributed by atoms with Crippen molar-refractivity contribution in [2.45, 2.75) is 31.7 Å². The number of carbonyl (C=O) groups excluding carboxylic acids is 1. The lowest BCUT2D eigenvalue weighted by Crippen LogP contribution is -2.42. The molecule has 6 heteroatoms. The monoisotopic (exact) mass is 481 g/mol. The smallest absolute Gasteiger partial charge is 0.257 e. The van der Waals surface area contributed by atoms with Crippen LogP contribution in [0.25, 0.3) is 0 Å². The van der Waals surface area contributed by atoms with E-state index >= 15 is 0 Å². The SMILES string of the molecule is O=C(CN1CCC(Cc2ccccc2)CC1)N1N=C(c2ccccc2)C[C@@H]1c1ccc2c(c1)OCO2. The van der Waals surface area contributed by atoms with Crippen LogP contribution < -0.4 is 9.47 Å². The molecule has 0 saturated carbocycles. The topological polar surface area (TPSA) is 54.4 Å². The number of amides is 1. The number of hydrogen-bond donors (Lipinski definition) is 0. The van der Waals surface area contributed by atoms with Crippen molar-refractivity contribution < 1.29 is 14.3 Å². The molecule has 3 aliphatic heterocycles. The lowest BCUT2D eigenvalue weighted by atomic mass is 9.90. The fraction of sp³-hybridized carbons (Fsp3) is 0.333. The van der Waals surface area contributed by atoms with Crippen LogP contribution in [0.3, 0.4) is 0 Å². The molecule has 1 atom stereocenters. The number of nitrogens with zero attached hydrogens (tertiary/aromatic N) is 3. The Morgan fingerprint density at radius 2 is 1.61 bits per heavy atom. The predicted octanol–water partition coefficient (Wildman–Crippen LogP) is 5.05. The third-order valence-electron chi connectivity index (χ3n) is 7.49. The fourth-order valence-corrected chi connectivity index (χ4v) is 5.49. The molecule has 3 heterocycles. The van der Waals surface area contributed by atoms with Gasteiger partial charge >= 0.3 is 0 Å². The molecule has 3 aromatic rings. The second-order valence-electron chi connectivity index (χ2n) is 9.89. The van der Waals surface area contributed by atoms with Crippen molar-refractivity contribution in [3.05, 3.63) is 95.6 Å². The first-order valence-corrected chi connectivity index (χ1v) is 12.8. The molecule has 6 rings (SSSR count). The fourth-order valence-electron chi connectivity index (χ4n) is 5.49. The van der Waals surface area contributed by atoms with Gasteiger partial charge in [0.05, 0.1) is 18.3 Å². The van der Waals surface area contributed by atoms with Gasteiger partial charge in [0.1, 0.15) is 0 Å². The van der Waals surface area contributed by atoms with E-state index in [2.05, 4.69) is 47.4 Å². The number of fused-ring (bicyclic) bond motifs is 1. The van der Waals surface area contributed by atoms with Gasteiger partial charge in [-0.15, -0.1) is 0 Å². The number of ether oxygens (including phenoxy) is 2. The van der Waals surface area contributed by atoms with Gasteiger partial charge in [0.25, 0.3) is 5.91 Å². The molecule has 0 bridgehead atoms. The minimum absolute atomic E-state index is 0.0464. The summed E-state index contributed by atoms with van der Waals surface area (Å²) < 4.78 is 11.1. The Labute approximate surface area is 212 Å². The van der Waals surface area contributed by atoms with Gasteiger partial charge in [-0.05, 0) is 67.1 Å². The zero-order valence-corrected chi connectivity index (χ0v) is 20.4. The van der Waals surface area contributed by atoms with Crippen molar-refractivity contribution in [2.24, 2.45) is 11.0 Å². The van der Waals surface area contributed by atoms with E-state index in [1.54, 1.807) is 5.01 Å². The molecular weight excluding hydrogens is 450 g/mol. The van der Waals surface area contributed by atoms with Gasteiger partial charge < -0.3 is 9.47 Å². The maximum Gasteiger partial charge on any atom is 0.257 e. The second kappa shape index (κ2) is 10.2. The van der Waals surface area contributed by atoms with Crippen LogP contribution in [-0.4, -0.2) is 48.0 Å². The summed E-state index contributed by atoms with van der Waals surface area (Å²) in [6.07, 6.45) is 4.03. The average Bonchev–Trinajstić information content (AvgIpc) is 3.58. The van der Waals surface area contributed by atoms with Crippen LogP contribution in [0, 0.1) is 5.92 Å². The Kier molecular flexibility index (Phi) is 6.43. The van der Waals surface area contributed by atoms with Crippen LogP contribution in [0.15, 0.2) is 84.0 Å². The number of hydrogen-bond acceptors (Lipinski definition) is 5. The highest BCUT2D eigenvalue weighted by molar-refractivity contribution is 6.03. The Morgan fingerprint density at radius 3 is 2.39 bits per heavy atom. The van der Waals surface area contributed by atoms with Gasteiger partial charge in [0.15, 0.2) is 11.5 Å². The van der Waals surface area contributed by atoms with Crippen molar-refractivity contribution in [1.82, 2.24) is 9.91 Å². The molecule has 3 aromatic carbocycles. The molecule has 0 N–H and O–H groups in total. The van der Waals surface area contributed by atoms with E-state index < -0.39 is 0 Å². The first-order valence-electron chi connectivity index (χ1n) is 12.8. The maximum absolute atomic E-state index is 13.6. The summed E-state index contributed by atoms with van der Waals surface area (Å²) in [6.45, 7) is 2.52. The molecule has 0 radical (unpaired) electrons. The molecule has 1 saturated heterocycles. The molecule has 6 nitrogen and oxygen atoms in total. The van der Waals surface area contributed by atoms with Crippen LogP contribution >= 0.6 is 0 Å². The number of rotatable bonds is 6. The largest absolute Gasteiger partial charge is 0.454 e. The summed E-state index contributed by atoms with van der Waals surface area (Å²) in [4.78, 5) is 15.9. The number of piperidine rings is 1. The van der Waals surface area contributed by atoms with Crippen LogP contribution in [0.2, 0.25) is 0 Å². The molecule has 36 heavy (non-hydrogen) atoms. The van der Waals surface area contributed by atoms with Gasteiger partial charge in [-0.25, -0.2) is 5.01 Å². The number of carbonyl (C=O) groups is 1. The summed E-state index contributed by atoms with van der Waals surface area (Å²) in [6, 6.07) is 26.6. The molecule has 0 aliphatic carbocycles. The van der Waals surface area contributed by atoms with E-state index in [9.17, 15) is 4.79 Å². The standard InChI is InChI=1S/C30H31N3O3/c34-30(20-32-15-13-23(14-16-32)17-22-7-3-1-4-8-22)33-27(19-26(31-33)24-9-5-2-6-10-24)25-11-12-28-29(18-25)36-21-35-28/h1-12,18,23,27H,13-17,19-21H2/t27-/m1/s1. The highest BCUT2D eigenvalue weighted by Crippen LogP contribution is 2.39. The lowest BCUT2D eigenvalue weighted by molar-refractivity contribution is -0.134. The highest BCUT2D eigenvalue weighted by atomic mass is 16.7. The van der Waals surface area contributed by atoms with Crippen molar-refractivity contribution in [3.63, 3.8) is 0 Å². The molecule has 0 aromatic heterocycles. The van der Waals surface area contributed by atoms with E-state index in [0.29, 0.717) is 18.9 Å². The number of likely N-dealkylation sites (tertiary alicyclic amines) is 1. The third kappa shape index (κ3) is 4.86. The summed E-state index contributed by atoms with van der Waals surface area (Å²) in [5, 5.41) is 6.55. The van der Waals surface area contributed by atoms with Crippen molar-refractivity contribution >= 4 is 11.6 Å². The Bertz CT molecular complexity index is 1240. The third-order valence-corrected chi connectivity index (χ3v) is 7.49. The molecule has 1 fully saturated rings. The molecular formula is C30H31N3O3. The molecule has 3 aliphatic rings. The lowest BCUT2D eigenvalue weighted by Gasteiger charge is -2.33. The minimum atomic E-state index is -0.155. The number of hydrazone groups is 1. The van der Waals surface area contributed by atoms with Crippen molar-refractivity contribution in [2.75, 3.05) is 26.4 Å². The predicted molar refractivity (Wildman–Crippen MR) is 139 cm³/mol. The summed E-state index contributed by atoms with van der Waals surface area (Å²) >= 11 is 0. The zero-order valence-electron chi connectivity index (χ0n) is 20.4. The van der Waals surface area contributed by atoms with Crippen molar-refractivity contribution in [1.29, 1.82) is 0 Å². The van der Waals surface area contributed by atoms with Gasteiger partial charge in [-0.2, -0.15) is 5.10 Å². The van der Waals surface area contributed by atoms with E-state index in [0.717, 1.165) is 60.7 Å². The maximum atomic E-state index is 13.6. The summed E-state index contributed by atoms with van der Waals surface area (Å²) in [5.74, 6) is 2.20. The first-order chi connectivity index (χ1) is 17.7. The van der Waals surface area contributed by atoms with Crippen LogP contribution in [-0.2, 0) is 11.2 Å². The molecule has 0 spiro atoms. The minimum Gasteiger partial charge on any atom is -0.454 e. The van der Waals surface area contributed by atoms with Gasteiger partial charge in [-0.3, -0.25) is 9.69 Å². The quantitative estimate of drug-likeness (QED) is 0.495. The van der Waals surface area contributed by atoms with Gasteiger partial charge in [0, 0.05) is 6.42 Å². The highest BCUT2D eigenvalue weighted by Gasteiger charge is 2.35. The van der Waals surface area contributed by atoms with Gasteiger partial charge in [-0.1, -0.05) is 66.7 Å². The van der Waals surface area contributed by atoms with Crippen LogP contribution in [0.4, 0.5) is 0 Å². The second-order valence-corrected chi connectivity index (χ2v) is 9.89. The van der Waals surface area contributed by atoms with E-state index in [4.69, 9.17) is 14.6 Å². The average molecular weight is 482 g/mol. The summed E-state index contributed by atoms with van der Waals surface area (Å²) in [5.41, 5.74) is 4.41. The zero-order chi connectivity index (χ0) is 24.3. The van der Waals surface area contributed by atoms with Crippen LogP contribution in [0.1, 0.15) is 42.0 Å². The molecule has 1 amide bonds. The summed E-state index contributed by atoms with van der Waals surface area (Å²) in [7, 11) is 0. The van der Waals surface area contributed by atoms with E-state index in [1.807, 2.05) is 36.4 Å². The Hall–Kier alpha value is -3.64. The van der Waals surface area contributed by atoms with E-state index in [1.165, 1.54) is 5.56 Å². The van der Waals surface area contributed by atoms with Crippen molar-refractivity contribution in [3.8, 4) is 11.5 Å². The number of benzene rings is 3. The first kappa shape index (κ1) is 22.8. The Morgan fingerprint density at radius 1 is 0.889 bits per heavy atom. The van der Waals surface area contributed by atoms with E-state index in [-0.39, 0.29) is 18.7 Å². The normalized spacial score (nSPS) is 19.9. The van der Waals surface area contributed by atoms with Crippen LogP contribution in [0.5, 0.6) is 11.5 Å². The molecule has 184 valence electrons. The molecule has 0 unspecified atom stereocenters. The van der Waals surface area contributed by atoms with Gasteiger partial charge in [0.2, 0.25) is 6.79 Å².